The van der Waals surface area contributed by atoms with E-state index < -0.39 is 18.0 Å². The Morgan fingerprint density at radius 1 is 1.03 bits per heavy atom. The molecule has 0 aliphatic heterocycles. The summed E-state index contributed by atoms with van der Waals surface area (Å²) in [6, 6.07) is 14.5. The second-order valence-corrected chi connectivity index (χ2v) is 8.52. The molecule has 0 aliphatic rings. The van der Waals surface area contributed by atoms with Crippen molar-refractivity contribution < 1.29 is 24.1 Å². The van der Waals surface area contributed by atoms with Crippen molar-refractivity contribution >= 4 is 29.2 Å². The van der Waals surface area contributed by atoms with E-state index in [1.165, 1.54) is 24.3 Å². The van der Waals surface area contributed by atoms with Crippen molar-refractivity contribution in [1.82, 2.24) is 0 Å². The van der Waals surface area contributed by atoms with Crippen LogP contribution in [0.1, 0.15) is 36.1 Å². The Labute approximate surface area is 189 Å². The van der Waals surface area contributed by atoms with Crippen LogP contribution in [0.15, 0.2) is 54.6 Å². The predicted octanol–water partition coefficient (Wildman–Crippen LogP) is 6.22. The lowest BCUT2D eigenvalue weighted by Gasteiger charge is -2.27. The molecule has 162 valence electrons. The van der Waals surface area contributed by atoms with Crippen molar-refractivity contribution in [1.29, 1.82) is 0 Å². The number of phenols is 1. The SMILES string of the molecule is CC(C)(c1ccc(F)cc1)c1cc(Cc2c(Cl)cc(OCC(=O)O)cc2Cl)ccc1O. The summed E-state index contributed by atoms with van der Waals surface area (Å²) in [6.07, 6.45) is 0.393. The van der Waals surface area contributed by atoms with E-state index in [1.54, 1.807) is 24.3 Å². The molecular formula is C24H21Cl2FO4. The molecule has 3 aromatic rings. The summed E-state index contributed by atoms with van der Waals surface area (Å²) < 4.78 is 18.5. The Balaban J connectivity index is 1.92. The molecule has 0 fully saturated rings. The van der Waals surface area contributed by atoms with Gasteiger partial charge in [0.25, 0.3) is 0 Å². The van der Waals surface area contributed by atoms with E-state index >= 15 is 0 Å². The van der Waals surface area contributed by atoms with Gasteiger partial charge in [0.15, 0.2) is 6.61 Å². The first kappa shape index (κ1) is 22.9. The van der Waals surface area contributed by atoms with Gasteiger partial charge in [0.2, 0.25) is 0 Å². The minimum absolute atomic E-state index is 0.132. The summed E-state index contributed by atoms with van der Waals surface area (Å²) in [4.78, 5) is 10.7. The van der Waals surface area contributed by atoms with E-state index in [0.29, 0.717) is 27.6 Å². The molecule has 7 heteroatoms. The van der Waals surface area contributed by atoms with Crippen LogP contribution < -0.4 is 4.74 Å². The van der Waals surface area contributed by atoms with E-state index in [-0.39, 0.29) is 17.3 Å². The van der Waals surface area contributed by atoms with Gasteiger partial charge in [-0.3, -0.25) is 0 Å². The molecule has 4 nitrogen and oxygen atoms in total. The molecule has 0 bridgehead atoms. The molecule has 0 spiro atoms. The zero-order valence-electron chi connectivity index (χ0n) is 17.0. The maximum atomic E-state index is 13.3. The topological polar surface area (TPSA) is 66.8 Å². The molecule has 0 heterocycles. The first-order valence-corrected chi connectivity index (χ1v) is 10.2. The number of carboxylic acid groups (broad SMARTS) is 1. The van der Waals surface area contributed by atoms with Crippen LogP contribution >= 0.6 is 23.2 Å². The van der Waals surface area contributed by atoms with Gasteiger partial charge in [-0.05, 0) is 47.0 Å². The molecule has 0 saturated heterocycles. The molecule has 0 radical (unpaired) electrons. The fourth-order valence-electron chi connectivity index (χ4n) is 3.40. The van der Waals surface area contributed by atoms with E-state index in [1.807, 2.05) is 19.9 Å². The minimum Gasteiger partial charge on any atom is -0.508 e. The van der Waals surface area contributed by atoms with Crippen LogP contribution in [0, 0.1) is 5.82 Å². The van der Waals surface area contributed by atoms with Gasteiger partial charge >= 0.3 is 5.97 Å². The number of aromatic hydroxyl groups is 1. The summed E-state index contributed by atoms with van der Waals surface area (Å²) in [5.41, 5.74) is 2.49. The van der Waals surface area contributed by atoms with Crippen LogP contribution in [0.2, 0.25) is 10.0 Å². The Bertz CT molecular complexity index is 1090. The lowest BCUT2D eigenvalue weighted by molar-refractivity contribution is -0.139. The van der Waals surface area contributed by atoms with Crippen LogP contribution in [0.25, 0.3) is 0 Å². The molecule has 0 unspecified atom stereocenters. The number of hydrogen-bond acceptors (Lipinski definition) is 3. The molecule has 3 aromatic carbocycles. The summed E-state index contributed by atoms with van der Waals surface area (Å²) in [6.45, 7) is 3.41. The number of rotatable bonds is 7. The molecule has 2 N–H and O–H groups in total. The number of phenolic OH excluding ortho intramolecular Hbond substituents is 1. The predicted molar refractivity (Wildman–Crippen MR) is 119 cm³/mol. The highest BCUT2D eigenvalue weighted by molar-refractivity contribution is 6.36. The van der Waals surface area contributed by atoms with Crippen molar-refractivity contribution in [3.63, 3.8) is 0 Å². The lowest BCUT2D eigenvalue weighted by atomic mass is 9.77. The number of hydrogen-bond donors (Lipinski definition) is 2. The number of benzene rings is 3. The first-order chi connectivity index (χ1) is 14.6. The quantitative estimate of drug-likeness (QED) is 0.437. The number of ether oxygens (including phenoxy) is 1. The average molecular weight is 463 g/mol. The van der Waals surface area contributed by atoms with Gasteiger partial charge < -0.3 is 14.9 Å². The zero-order valence-corrected chi connectivity index (χ0v) is 18.5. The number of carbonyl (C=O) groups is 1. The Kier molecular flexibility index (Phi) is 6.77. The van der Waals surface area contributed by atoms with E-state index in [0.717, 1.165) is 11.1 Å². The standard InChI is InChI=1S/C24H21Cl2FO4/c1-24(2,15-4-6-16(27)7-5-15)19-10-14(3-8-22(19)28)9-18-20(25)11-17(12-21(18)26)31-13-23(29)30/h3-8,10-12,28H,9,13H2,1-2H3,(H,29,30). The molecule has 31 heavy (non-hydrogen) atoms. The van der Waals surface area contributed by atoms with Gasteiger partial charge in [-0.25, -0.2) is 9.18 Å². The van der Waals surface area contributed by atoms with Crippen molar-refractivity contribution in [2.24, 2.45) is 0 Å². The maximum Gasteiger partial charge on any atom is 0.341 e. The highest BCUT2D eigenvalue weighted by Crippen LogP contribution is 2.39. The summed E-state index contributed by atoms with van der Waals surface area (Å²) in [5.74, 6) is -1.02. The molecule has 0 atom stereocenters. The fourth-order valence-corrected chi connectivity index (χ4v) is 4.00. The number of carboxylic acids is 1. The molecule has 0 amide bonds. The first-order valence-electron chi connectivity index (χ1n) is 9.49. The van der Waals surface area contributed by atoms with Gasteiger partial charge in [0, 0.05) is 27.4 Å². The molecule has 0 aromatic heterocycles. The molecule has 0 aliphatic carbocycles. The lowest BCUT2D eigenvalue weighted by Crippen LogP contribution is -2.19. The second-order valence-electron chi connectivity index (χ2n) is 7.71. The van der Waals surface area contributed by atoms with Gasteiger partial charge in [-0.15, -0.1) is 0 Å². The number of aliphatic carboxylic acids is 1. The van der Waals surface area contributed by atoms with Crippen LogP contribution in [-0.4, -0.2) is 22.8 Å². The third kappa shape index (κ3) is 5.30. The monoisotopic (exact) mass is 462 g/mol. The average Bonchev–Trinajstić information content (AvgIpc) is 2.70. The molecular weight excluding hydrogens is 442 g/mol. The Hall–Kier alpha value is -2.76. The summed E-state index contributed by atoms with van der Waals surface area (Å²) >= 11 is 12.7. The zero-order chi connectivity index (χ0) is 22.8. The molecule has 0 saturated carbocycles. The van der Waals surface area contributed by atoms with Crippen LogP contribution in [0.5, 0.6) is 11.5 Å². The Morgan fingerprint density at radius 3 is 2.23 bits per heavy atom. The van der Waals surface area contributed by atoms with E-state index in [2.05, 4.69) is 0 Å². The van der Waals surface area contributed by atoms with E-state index in [4.69, 9.17) is 33.0 Å². The number of halogens is 3. The van der Waals surface area contributed by atoms with Crippen molar-refractivity contribution in [2.45, 2.75) is 25.7 Å². The summed E-state index contributed by atoms with van der Waals surface area (Å²) in [5, 5.41) is 19.9. The van der Waals surface area contributed by atoms with Crippen molar-refractivity contribution in [3.05, 3.63) is 92.7 Å². The van der Waals surface area contributed by atoms with Crippen molar-refractivity contribution in [2.75, 3.05) is 6.61 Å². The van der Waals surface area contributed by atoms with E-state index in [9.17, 15) is 14.3 Å². The highest BCUT2D eigenvalue weighted by Gasteiger charge is 2.27. The normalized spacial score (nSPS) is 11.4. The third-order valence-electron chi connectivity index (χ3n) is 5.16. The molecule has 3 rings (SSSR count). The fraction of sp³-hybridized carbons (Fsp3) is 0.208. The largest absolute Gasteiger partial charge is 0.508 e. The van der Waals surface area contributed by atoms with Gasteiger partial charge in [0.1, 0.15) is 17.3 Å². The van der Waals surface area contributed by atoms with Gasteiger partial charge in [0.05, 0.1) is 0 Å². The van der Waals surface area contributed by atoms with Gasteiger partial charge in [-0.1, -0.05) is 61.3 Å². The third-order valence-corrected chi connectivity index (χ3v) is 5.83. The maximum absolute atomic E-state index is 13.3. The second kappa shape index (κ2) is 9.16. The van der Waals surface area contributed by atoms with Crippen LogP contribution in [0.3, 0.4) is 0 Å². The summed E-state index contributed by atoms with van der Waals surface area (Å²) in [7, 11) is 0. The smallest absolute Gasteiger partial charge is 0.341 e. The van der Waals surface area contributed by atoms with Crippen molar-refractivity contribution in [3.8, 4) is 11.5 Å². The van der Waals surface area contributed by atoms with Gasteiger partial charge in [-0.2, -0.15) is 0 Å². The highest BCUT2D eigenvalue weighted by atomic mass is 35.5. The minimum atomic E-state index is -1.10. The van der Waals surface area contributed by atoms with Crippen LogP contribution in [0.4, 0.5) is 4.39 Å². The van der Waals surface area contributed by atoms with Crippen LogP contribution in [-0.2, 0) is 16.6 Å². The Morgan fingerprint density at radius 2 is 1.65 bits per heavy atom.